The van der Waals surface area contributed by atoms with Crippen molar-refractivity contribution < 1.29 is 19.1 Å². The number of amides is 1. The SMILES string of the molecule is COC(=O)c1cccc(OCC(=O)NC2CCCc3ccccc32)c1. The Hall–Kier alpha value is -2.82. The van der Waals surface area contributed by atoms with Gasteiger partial charge in [0.1, 0.15) is 5.75 Å². The molecule has 0 spiro atoms. The van der Waals surface area contributed by atoms with Crippen LogP contribution in [0.5, 0.6) is 5.75 Å². The van der Waals surface area contributed by atoms with Gasteiger partial charge in [-0.25, -0.2) is 4.79 Å². The van der Waals surface area contributed by atoms with Crippen LogP contribution in [0.25, 0.3) is 0 Å². The monoisotopic (exact) mass is 339 g/mol. The molecule has 2 aromatic carbocycles. The van der Waals surface area contributed by atoms with E-state index in [2.05, 4.69) is 22.2 Å². The Balaban J connectivity index is 1.58. The van der Waals surface area contributed by atoms with Gasteiger partial charge < -0.3 is 14.8 Å². The maximum Gasteiger partial charge on any atom is 0.337 e. The largest absolute Gasteiger partial charge is 0.484 e. The van der Waals surface area contributed by atoms with E-state index in [0.29, 0.717) is 11.3 Å². The normalized spacial score (nSPS) is 15.8. The predicted octanol–water partition coefficient (Wildman–Crippen LogP) is 3.05. The summed E-state index contributed by atoms with van der Waals surface area (Å²) >= 11 is 0. The second-order valence-electron chi connectivity index (χ2n) is 6.02. The van der Waals surface area contributed by atoms with Crippen LogP contribution in [0.2, 0.25) is 0 Å². The molecule has 0 fully saturated rings. The zero-order valence-corrected chi connectivity index (χ0v) is 14.2. The number of ether oxygens (including phenoxy) is 2. The molecule has 25 heavy (non-hydrogen) atoms. The average molecular weight is 339 g/mol. The molecule has 0 bridgehead atoms. The number of nitrogens with one attached hydrogen (secondary N) is 1. The van der Waals surface area contributed by atoms with Crippen molar-refractivity contribution in [3.05, 3.63) is 65.2 Å². The van der Waals surface area contributed by atoms with E-state index in [1.165, 1.54) is 18.2 Å². The lowest BCUT2D eigenvalue weighted by atomic mass is 9.88. The highest BCUT2D eigenvalue weighted by molar-refractivity contribution is 5.89. The van der Waals surface area contributed by atoms with Crippen LogP contribution in [0.4, 0.5) is 0 Å². The average Bonchev–Trinajstić information content (AvgIpc) is 2.66. The van der Waals surface area contributed by atoms with Gasteiger partial charge in [0.05, 0.1) is 18.7 Å². The summed E-state index contributed by atoms with van der Waals surface area (Å²) in [6.45, 7) is -0.0940. The van der Waals surface area contributed by atoms with Crippen molar-refractivity contribution in [2.24, 2.45) is 0 Å². The summed E-state index contributed by atoms with van der Waals surface area (Å²) in [7, 11) is 1.32. The highest BCUT2D eigenvalue weighted by atomic mass is 16.5. The first-order chi connectivity index (χ1) is 12.2. The Morgan fingerprint density at radius 2 is 2.00 bits per heavy atom. The first-order valence-corrected chi connectivity index (χ1v) is 8.35. The van der Waals surface area contributed by atoms with E-state index in [0.717, 1.165) is 19.3 Å². The molecule has 2 aromatic rings. The lowest BCUT2D eigenvalue weighted by molar-refractivity contribution is -0.123. The van der Waals surface area contributed by atoms with Crippen molar-refractivity contribution in [2.75, 3.05) is 13.7 Å². The van der Waals surface area contributed by atoms with Crippen molar-refractivity contribution in [3.8, 4) is 5.75 Å². The highest BCUT2D eigenvalue weighted by Gasteiger charge is 2.21. The molecule has 0 heterocycles. The molecule has 0 radical (unpaired) electrons. The highest BCUT2D eigenvalue weighted by Crippen LogP contribution is 2.29. The van der Waals surface area contributed by atoms with Gasteiger partial charge in [-0.1, -0.05) is 30.3 Å². The van der Waals surface area contributed by atoms with Crippen molar-refractivity contribution in [1.29, 1.82) is 0 Å². The quantitative estimate of drug-likeness (QED) is 0.851. The summed E-state index contributed by atoms with van der Waals surface area (Å²) in [6.07, 6.45) is 3.05. The summed E-state index contributed by atoms with van der Waals surface area (Å²) in [4.78, 5) is 23.8. The zero-order chi connectivity index (χ0) is 17.6. The second-order valence-corrected chi connectivity index (χ2v) is 6.02. The topological polar surface area (TPSA) is 64.6 Å². The number of hydrogen-bond donors (Lipinski definition) is 1. The van der Waals surface area contributed by atoms with E-state index in [1.54, 1.807) is 24.3 Å². The molecule has 0 saturated carbocycles. The van der Waals surface area contributed by atoms with Gasteiger partial charge in [0, 0.05) is 0 Å². The van der Waals surface area contributed by atoms with E-state index in [1.807, 2.05) is 12.1 Å². The number of fused-ring (bicyclic) bond motifs is 1. The van der Waals surface area contributed by atoms with Gasteiger partial charge in [-0.05, 0) is 48.6 Å². The van der Waals surface area contributed by atoms with E-state index in [-0.39, 0.29) is 18.6 Å². The molecule has 0 aromatic heterocycles. The van der Waals surface area contributed by atoms with E-state index in [9.17, 15) is 9.59 Å². The van der Waals surface area contributed by atoms with Gasteiger partial charge in [-0.3, -0.25) is 4.79 Å². The summed E-state index contributed by atoms with van der Waals surface area (Å²) in [5.41, 5.74) is 2.88. The third-order valence-corrected chi connectivity index (χ3v) is 4.33. The molecular weight excluding hydrogens is 318 g/mol. The lowest BCUT2D eigenvalue weighted by Crippen LogP contribution is -2.34. The fourth-order valence-corrected chi connectivity index (χ4v) is 3.12. The smallest absolute Gasteiger partial charge is 0.337 e. The lowest BCUT2D eigenvalue weighted by Gasteiger charge is -2.26. The molecule has 1 aliphatic rings. The Morgan fingerprint density at radius 1 is 1.16 bits per heavy atom. The predicted molar refractivity (Wildman–Crippen MR) is 93.5 cm³/mol. The molecular formula is C20H21NO4. The first-order valence-electron chi connectivity index (χ1n) is 8.35. The van der Waals surface area contributed by atoms with Crippen molar-refractivity contribution >= 4 is 11.9 Å². The molecule has 5 nitrogen and oxygen atoms in total. The fourth-order valence-electron chi connectivity index (χ4n) is 3.12. The number of esters is 1. The Labute approximate surface area is 147 Å². The molecule has 130 valence electrons. The molecule has 1 unspecified atom stereocenters. The molecule has 1 N–H and O–H groups in total. The van der Waals surface area contributed by atoms with Crippen LogP contribution in [0.3, 0.4) is 0 Å². The molecule has 3 rings (SSSR count). The number of carbonyl (C=O) groups excluding carboxylic acids is 2. The number of rotatable bonds is 5. The van der Waals surface area contributed by atoms with E-state index in [4.69, 9.17) is 4.74 Å². The first kappa shape index (κ1) is 17.0. The third-order valence-electron chi connectivity index (χ3n) is 4.33. The molecule has 0 saturated heterocycles. The van der Waals surface area contributed by atoms with Gasteiger partial charge in [0.25, 0.3) is 5.91 Å². The Bertz CT molecular complexity index is 772. The van der Waals surface area contributed by atoms with Crippen LogP contribution >= 0.6 is 0 Å². The van der Waals surface area contributed by atoms with Crippen LogP contribution in [-0.2, 0) is 16.0 Å². The summed E-state index contributed by atoms with van der Waals surface area (Å²) < 4.78 is 10.2. The van der Waals surface area contributed by atoms with Crippen molar-refractivity contribution in [1.82, 2.24) is 5.32 Å². The molecule has 0 aliphatic heterocycles. The minimum atomic E-state index is -0.436. The minimum absolute atomic E-state index is 0.0300. The minimum Gasteiger partial charge on any atom is -0.484 e. The van der Waals surface area contributed by atoms with E-state index < -0.39 is 5.97 Å². The number of carbonyl (C=O) groups is 2. The Morgan fingerprint density at radius 3 is 2.84 bits per heavy atom. The van der Waals surface area contributed by atoms with Crippen molar-refractivity contribution in [2.45, 2.75) is 25.3 Å². The number of hydrogen-bond acceptors (Lipinski definition) is 4. The van der Waals surface area contributed by atoms with Crippen LogP contribution in [0.1, 0.15) is 40.4 Å². The van der Waals surface area contributed by atoms with Crippen LogP contribution in [0.15, 0.2) is 48.5 Å². The maximum atomic E-state index is 12.2. The van der Waals surface area contributed by atoms with Gasteiger partial charge in [0.15, 0.2) is 6.61 Å². The van der Waals surface area contributed by atoms with Crippen LogP contribution in [0, 0.1) is 0 Å². The van der Waals surface area contributed by atoms with Gasteiger partial charge in [-0.15, -0.1) is 0 Å². The van der Waals surface area contributed by atoms with Crippen LogP contribution in [-0.4, -0.2) is 25.6 Å². The molecule has 5 heteroatoms. The number of methoxy groups -OCH3 is 1. The van der Waals surface area contributed by atoms with Gasteiger partial charge in [0.2, 0.25) is 0 Å². The van der Waals surface area contributed by atoms with Crippen molar-refractivity contribution in [3.63, 3.8) is 0 Å². The summed E-state index contributed by atoms with van der Waals surface area (Å²) in [5, 5.41) is 3.04. The van der Waals surface area contributed by atoms with Gasteiger partial charge >= 0.3 is 5.97 Å². The van der Waals surface area contributed by atoms with Crippen LogP contribution < -0.4 is 10.1 Å². The standard InChI is InChI=1S/C20H21NO4/c1-24-20(23)15-8-4-9-16(12-15)25-13-19(22)21-18-11-5-7-14-6-2-3-10-17(14)18/h2-4,6,8-10,12,18H,5,7,11,13H2,1H3,(H,21,22). The number of aryl methyl sites for hydroxylation is 1. The maximum absolute atomic E-state index is 12.2. The van der Waals surface area contributed by atoms with Gasteiger partial charge in [-0.2, -0.15) is 0 Å². The molecule has 1 aliphatic carbocycles. The van der Waals surface area contributed by atoms with E-state index >= 15 is 0 Å². The number of benzene rings is 2. The fraction of sp³-hybridized carbons (Fsp3) is 0.300. The Kier molecular flexibility index (Phi) is 5.33. The summed E-state index contributed by atoms with van der Waals surface area (Å²) in [6, 6.07) is 14.8. The second kappa shape index (κ2) is 7.83. The molecule has 1 atom stereocenters. The third kappa shape index (κ3) is 4.18. The zero-order valence-electron chi connectivity index (χ0n) is 14.2. The summed E-state index contributed by atoms with van der Waals surface area (Å²) in [5.74, 6) is -0.152. The molecule has 1 amide bonds.